The van der Waals surface area contributed by atoms with Gasteiger partial charge in [0.2, 0.25) is 0 Å². The normalized spacial score (nSPS) is 12.1. The Kier molecular flexibility index (Phi) is 13.6. The maximum Gasteiger partial charge on any atom is 0.0540 e. The fourth-order valence-electron chi connectivity index (χ4n) is 13.1. The first-order valence-corrected chi connectivity index (χ1v) is 30.0. The molecule has 0 spiro atoms. The van der Waals surface area contributed by atoms with E-state index in [1.807, 2.05) is 0 Å². The van der Waals surface area contributed by atoms with E-state index < -0.39 is 0 Å². The van der Waals surface area contributed by atoms with Crippen molar-refractivity contribution in [1.29, 1.82) is 0 Å². The van der Waals surface area contributed by atoms with Gasteiger partial charge in [-0.1, -0.05) is 220 Å². The van der Waals surface area contributed by atoms with E-state index in [0.29, 0.717) is 0 Å². The summed E-state index contributed by atoms with van der Waals surface area (Å²) in [5.74, 6) is 0. The molecule has 1 aliphatic rings. The molecule has 15 rings (SSSR count). The minimum atomic E-state index is -0.100. The van der Waals surface area contributed by atoms with Crippen LogP contribution in [0.5, 0.6) is 0 Å². The van der Waals surface area contributed by atoms with Crippen LogP contribution in [-0.4, -0.2) is 0 Å². The molecule has 87 heavy (non-hydrogen) atoms. The first-order chi connectivity index (χ1) is 42.9. The second-order valence-electron chi connectivity index (χ2n) is 22.9. The zero-order valence-electron chi connectivity index (χ0n) is 48.6. The van der Waals surface area contributed by atoms with Gasteiger partial charge in [0.25, 0.3) is 0 Å². The number of nitrogens with zero attached hydrogens (tertiary/aromatic N) is 4. The van der Waals surface area contributed by atoms with Crippen molar-refractivity contribution < 1.29 is 0 Å². The van der Waals surface area contributed by atoms with Crippen LogP contribution in [0.25, 0.3) is 54.9 Å². The van der Waals surface area contributed by atoms with Crippen molar-refractivity contribution in [2.45, 2.75) is 19.3 Å². The Morgan fingerprint density at radius 1 is 0.207 bits per heavy atom. The Labute approximate surface area is 510 Å². The molecule has 414 valence electrons. The molecule has 0 aliphatic heterocycles. The van der Waals surface area contributed by atoms with Gasteiger partial charge in [0.1, 0.15) is 0 Å². The molecule has 0 N–H and O–H groups in total. The van der Waals surface area contributed by atoms with Crippen LogP contribution in [0.4, 0.5) is 68.2 Å². The topological polar surface area (TPSA) is 13.0 Å². The van der Waals surface area contributed by atoms with Gasteiger partial charge in [-0.05, 0) is 189 Å². The molecule has 14 aromatic carbocycles. The highest BCUT2D eigenvalue weighted by molar-refractivity contribution is 6.01. The van der Waals surface area contributed by atoms with Gasteiger partial charge >= 0.3 is 0 Å². The van der Waals surface area contributed by atoms with Crippen molar-refractivity contribution in [2.75, 3.05) is 19.6 Å². The molecule has 14 aromatic rings. The summed E-state index contributed by atoms with van der Waals surface area (Å²) in [4.78, 5) is 9.46. The maximum absolute atomic E-state index is 2.40. The molecule has 0 amide bonds. The van der Waals surface area contributed by atoms with Crippen molar-refractivity contribution in [1.82, 2.24) is 0 Å². The molecular weight excluding hydrogens is 1050 g/mol. The SMILES string of the molecule is CC1(C)c2ccccc2-c2ccc(N(c3ccccc3)c3ccc(-c4ccc(N(c5ccc(-c6ccc(N(c7ccc(N(c8ccccc8)c8ccccc8)cc7)c7cccc8ccccc78)cc6)cc5)c5cccc6ccccc56)cc4)cc3)cc21. The van der Waals surface area contributed by atoms with Gasteiger partial charge in [-0.15, -0.1) is 0 Å². The van der Waals surface area contributed by atoms with Gasteiger partial charge in [0, 0.05) is 73.1 Å². The third kappa shape index (κ3) is 9.83. The predicted octanol–water partition coefficient (Wildman–Crippen LogP) is 23.5. The Hall–Kier alpha value is -11.2. The Morgan fingerprint density at radius 2 is 0.494 bits per heavy atom. The maximum atomic E-state index is 2.40. The minimum Gasteiger partial charge on any atom is -0.311 e. The van der Waals surface area contributed by atoms with Crippen LogP contribution in [0.15, 0.2) is 340 Å². The zero-order valence-corrected chi connectivity index (χ0v) is 48.6. The number of rotatable bonds is 14. The van der Waals surface area contributed by atoms with E-state index in [-0.39, 0.29) is 5.41 Å². The van der Waals surface area contributed by atoms with Gasteiger partial charge in [-0.2, -0.15) is 0 Å². The quantitative estimate of drug-likeness (QED) is 0.108. The van der Waals surface area contributed by atoms with Gasteiger partial charge in [0.15, 0.2) is 0 Å². The molecule has 0 unspecified atom stereocenters. The number of anilines is 12. The number of hydrogen-bond donors (Lipinski definition) is 0. The molecule has 0 bridgehead atoms. The van der Waals surface area contributed by atoms with Crippen LogP contribution in [-0.2, 0) is 5.41 Å². The van der Waals surface area contributed by atoms with Gasteiger partial charge in [0.05, 0.1) is 11.4 Å². The van der Waals surface area contributed by atoms with Crippen molar-refractivity contribution in [3.63, 3.8) is 0 Å². The first kappa shape index (κ1) is 52.6. The molecule has 0 heterocycles. The van der Waals surface area contributed by atoms with Crippen LogP contribution in [0.2, 0.25) is 0 Å². The molecule has 4 nitrogen and oxygen atoms in total. The molecule has 0 saturated carbocycles. The average Bonchev–Trinajstić information content (AvgIpc) is 1.82. The van der Waals surface area contributed by atoms with E-state index >= 15 is 0 Å². The van der Waals surface area contributed by atoms with Crippen molar-refractivity contribution in [2.24, 2.45) is 0 Å². The molecule has 0 saturated heterocycles. The lowest BCUT2D eigenvalue weighted by Crippen LogP contribution is -2.16. The molecule has 0 atom stereocenters. The highest BCUT2D eigenvalue weighted by atomic mass is 15.2. The summed E-state index contributed by atoms with van der Waals surface area (Å²) in [5, 5.41) is 4.77. The highest BCUT2D eigenvalue weighted by Crippen LogP contribution is 2.51. The average molecular weight is 1120 g/mol. The van der Waals surface area contributed by atoms with Gasteiger partial charge in [-0.25, -0.2) is 0 Å². The Morgan fingerprint density at radius 3 is 0.908 bits per heavy atom. The Bertz CT molecular complexity index is 4690. The zero-order chi connectivity index (χ0) is 58.3. The van der Waals surface area contributed by atoms with E-state index in [0.717, 1.165) is 90.5 Å². The molecule has 4 heteroatoms. The minimum absolute atomic E-state index is 0.100. The lowest BCUT2D eigenvalue weighted by Gasteiger charge is -2.29. The monoisotopic (exact) mass is 1110 g/mol. The van der Waals surface area contributed by atoms with Crippen molar-refractivity contribution >= 4 is 89.8 Å². The summed E-state index contributed by atoms with van der Waals surface area (Å²) in [5.41, 5.74) is 23.1. The largest absolute Gasteiger partial charge is 0.311 e. The van der Waals surface area contributed by atoms with Crippen LogP contribution in [0, 0.1) is 0 Å². The second kappa shape index (κ2) is 22.4. The van der Waals surface area contributed by atoms with E-state index in [2.05, 4.69) is 373 Å². The van der Waals surface area contributed by atoms with Crippen LogP contribution in [0.3, 0.4) is 0 Å². The number of para-hydroxylation sites is 3. The Balaban J connectivity index is 0.733. The van der Waals surface area contributed by atoms with Crippen molar-refractivity contribution in [3.8, 4) is 33.4 Å². The fraction of sp³-hybridized carbons (Fsp3) is 0.0361. The number of fused-ring (bicyclic) bond motifs is 5. The highest BCUT2D eigenvalue weighted by Gasteiger charge is 2.36. The van der Waals surface area contributed by atoms with E-state index in [1.165, 1.54) is 43.8 Å². The standard InChI is InChI=1S/C83H62N4/c1-83(2)79-33-17-16-32-77(79)78-57-56-74(58-80(78)83)85(67-28-10-5-11-29-67)68-44-36-59(37-45-68)60-38-46-70(47-39-60)86(81-34-18-22-63-20-12-14-30-75(63)81)71-48-40-61(41-49-71)62-42-50-72(51-43-62)87(82-35-19-23-64-21-13-15-31-76(64)82)73-54-52-69(53-55-73)84(65-24-6-3-7-25-65)66-26-8-4-9-27-66/h3-58H,1-2H3. The van der Waals surface area contributed by atoms with Gasteiger partial charge < -0.3 is 19.6 Å². The summed E-state index contributed by atoms with van der Waals surface area (Å²) in [6.45, 7) is 4.70. The summed E-state index contributed by atoms with van der Waals surface area (Å²) >= 11 is 0. The molecule has 0 radical (unpaired) electrons. The summed E-state index contributed by atoms with van der Waals surface area (Å²) in [6.07, 6.45) is 0. The molecule has 0 aromatic heterocycles. The van der Waals surface area contributed by atoms with Gasteiger partial charge in [-0.3, -0.25) is 0 Å². The molecule has 0 fully saturated rings. The summed E-state index contributed by atoms with van der Waals surface area (Å²) in [7, 11) is 0. The van der Waals surface area contributed by atoms with E-state index in [4.69, 9.17) is 0 Å². The lowest BCUT2D eigenvalue weighted by molar-refractivity contribution is 0.660. The first-order valence-electron chi connectivity index (χ1n) is 30.0. The number of hydrogen-bond acceptors (Lipinski definition) is 4. The van der Waals surface area contributed by atoms with Crippen molar-refractivity contribution in [3.05, 3.63) is 351 Å². The van der Waals surface area contributed by atoms with E-state index in [1.54, 1.807) is 0 Å². The fourth-order valence-corrected chi connectivity index (χ4v) is 13.1. The third-order valence-corrected chi connectivity index (χ3v) is 17.4. The third-order valence-electron chi connectivity index (χ3n) is 17.4. The van der Waals surface area contributed by atoms with Crippen LogP contribution in [0.1, 0.15) is 25.0 Å². The molecular formula is C83H62N4. The smallest absolute Gasteiger partial charge is 0.0540 e. The lowest BCUT2D eigenvalue weighted by atomic mass is 9.82. The predicted molar refractivity (Wildman–Crippen MR) is 369 cm³/mol. The summed E-state index contributed by atoms with van der Waals surface area (Å²) < 4.78 is 0. The van der Waals surface area contributed by atoms with Crippen LogP contribution >= 0.6 is 0 Å². The number of benzene rings is 14. The van der Waals surface area contributed by atoms with E-state index in [9.17, 15) is 0 Å². The van der Waals surface area contributed by atoms with Crippen LogP contribution < -0.4 is 19.6 Å². The second-order valence-corrected chi connectivity index (χ2v) is 22.9. The molecule has 1 aliphatic carbocycles. The summed E-state index contributed by atoms with van der Waals surface area (Å²) in [6, 6.07) is 123.